The van der Waals surface area contributed by atoms with Crippen molar-refractivity contribution in [2.24, 2.45) is 5.92 Å². The first-order valence-corrected chi connectivity index (χ1v) is 7.72. The van der Waals surface area contributed by atoms with Crippen molar-refractivity contribution in [3.63, 3.8) is 0 Å². The van der Waals surface area contributed by atoms with Gasteiger partial charge in [-0.15, -0.1) is 0 Å². The Kier molecular flexibility index (Phi) is 5.86. The van der Waals surface area contributed by atoms with Crippen LogP contribution < -0.4 is 10.1 Å². The van der Waals surface area contributed by atoms with Gasteiger partial charge in [-0.1, -0.05) is 12.1 Å². The van der Waals surface area contributed by atoms with Gasteiger partial charge in [0.2, 0.25) is 0 Å². The minimum Gasteiger partial charge on any atom is -0.497 e. The molecule has 0 radical (unpaired) electrons. The molecule has 0 saturated carbocycles. The molecule has 1 aromatic carbocycles. The highest BCUT2D eigenvalue weighted by Crippen LogP contribution is 2.15. The Morgan fingerprint density at radius 1 is 1.35 bits per heavy atom. The normalized spacial score (nSPS) is 21.6. The van der Waals surface area contributed by atoms with Gasteiger partial charge in [-0.3, -0.25) is 0 Å². The van der Waals surface area contributed by atoms with Crippen molar-refractivity contribution >= 4 is 0 Å². The maximum Gasteiger partial charge on any atom is 0.118 e. The molecule has 2 rings (SSSR count). The average molecular weight is 276 g/mol. The maximum atomic E-state index is 5.19. The first-order chi connectivity index (χ1) is 9.67. The molecule has 20 heavy (non-hydrogen) atoms. The summed E-state index contributed by atoms with van der Waals surface area (Å²) in [5.41, 5.74) is 1.37. The number of nitrogens with one attached hydrogen (secondary N) is 1. The van der Waals surface area contributed by atoms with Crippen molar-refractivity contribution in [1.29, 1.82) is 0 Å². The zero-order chi connectivity index (χ0) is 14.4. The number of ether oxygens (including phenoxy) is 1. The Morgan fingerprint density at radius 2 is 2.10 bits per heavy atom. The van der Waals surface area contributed by atoms with E-state index in [9.17, 15) is 0 Å². The second kappa shape index (κ2) is 7.65. The third-order valence-electron chi connectivity index (χ3n) is 4.18. The molecule has 2 atom stereocenters. The number of rotatable bonds is 6. The van der Waals surface area contributed by atoms with E-state index in [1.54, 1.807) is 7.11 Å². The number of nitrogens with zero attached hydrogens (tertiary/aromatic N) is 1. The molecule has 3 nitrogen and oxygen atoms in total. The van der Waals surface area contributed by atoms with Crippen LogP contribution in [0.5, 0.6) is 5.75 Å². The van der Waals surface area contributed by atoms with Crippen LogP contribution in [0.25, 0.3) is 0 Å². The summed E-state index contributed by atoms with van der Waals surface area (Å²) in [4.78, 5) is 2.45. The van der Waals surface area contributed by atoms with E-state index in [0.29, 0.717) is 6.04 Å². The average Bonchev–Trinajstić information content (AvgIpc) is 2.46. The highest BCUT2D eigenvalue weighted by molar-refractivity contribution is 5.27. The second-order valence-electron chi connectivity index (χ2n) is 6.13. The monoisotopic (exact) mass is 276 g/mol. The smallest absolute Gasteiger partial charge is 0.118 e. The van der Waals surface area contributed by atoms with E-state index in [4.69, 9.17) is 4.74 Å². The molecule has 0 aromatic heterocycles. The molecule has 1 aliphatic heterocycles. The van der Waals surface area contributed by atoms with Gasteiger partial charge in [0.15, 0.2) is 0 Å². The van der Waals surface area contributed by atoms with Crippen LogP contribution in [0.2, 0.25) is 0 Å². The van der Waals surface area contributed by atoms with Gasteiger partial charge in [0.05, 0.1) is 7.11 Å². The lowest BCUT2D eigenvalue weighted by Gasteiger charge is -2.30. The van der Waals surface area contributed by atoms with Gasteiger partial charge in [0, 0.05) is 12.6 Å². The summed E-state index contributed by atoms with van der Waals surface area (Å²) in [6, 6.07) is 8.92. The van der Waals surface area contributed by atoms with Crippen LogP contribution in [0.4, 0.5) is 0 Å². The lowest BCUT2D eigenvalue weighted by molar-refractivity contribution is 0.203. The van der Waals surface area contributed by atoms with E-state index >= 15 is 0 Å². The molecule has 0 spiro atoms. The first-order valence-electron chi connectivity index (χ1n) is 7.72. The summed E-state index contributed by atoms with van der Waals surface area (Å²) in [5.74, 6) is 1.74. The van der Waals surface area contributed by atoms with E-state index < -0.39 is 0 Å². The van der Waals surface area contributed by atoms with Crippen molar-refractivity contribution in [2.45, 2.75) is 32.2 Å². The summed E-state index contributed by atoms with van der Waals surface area (Å²) in [5, 5.41) is 3.69. The number of likely N-dealkylation sites (tertiary alicyclic amines) is 1. The molecule has 1 aromatic rings. The van der Waals surface area contributed by atoms with E-state index in [1.165, 1.54) is 31.5 Å². The van der Waals surface area contributed by atoms with Crippen LogP contribution in [0.3, 0.4) is 0 Å². The van der Waals surface area contributed by atoms with Gasteiger partial charge < -0.3 is 15.0 Å². The van der Waals surface area contributed by atoms with Crippen molar-refractivity contribution in [3.8, 4) is 5.75 Å². The fourth-order valence-corrected chi connectivity index (χ4v) is 3.00. The number of piperidine rings is 1. The SMILES string of the molecule is COc1ccc(CC(C)NCC2CCCN(C)C2)cc1. The van der Waals surface area contributed by atoms with Gasteiger partial charge >= 0.3 is 0 Å². The summed E-state index contributed by atoms with van der Waals surface area (Å²) in [7, 11) is 3.94. The number of hydrogen-bond acceptors (Lipinski definition) is 3. The molecule has 3 heteroatoms. The molecule has 1 heterocycles. The summed E-state index contributed by atoms with van der Waals surface area (Å²) in [6.07, 6.45) is 3.79. The van der Waals surface area contributed by atoms with Gasteiger partial charge in [-0.25, -0.2) is 0 Å². The van der Waals surface area contributed by atoms with Crippen molar-refractivity contribution in [1.82, 2.24) is 10.2 Å². The minimum absolute atomic E-state index is 0.524. The summed E-state index contributed by atoms with van der Waals surface area (Å²) >= 11 is 0. The van der Waals surface area contributed by atoms with Crippen LogP contribution in [-0.2, 0) is 6.42 Å². The first kappa shape index (κ1) is 15.3. The van der Waals surface area contributed by atoms with Crippen molar-refractivity contribution in [2.75, 3.05) is 33.8 Å². The zero-order valence-electron chi connectivity index (χ0n) is 13.1. The van der Waals surface area contributed by atoms with E-state index in [1.807, 2.05) is 12.1 Å². The fourth-order valence-electron chi connectivity index (χ4n) is 3.00. The van der Waals surface area contributed by atoms with Gasteiger partial charge in [0.25, 0.3) is 0 Å². The van der Waals surface area contributed by atoms with Crippen LogP contribution in [0.1, 0.15) is 25.3 Å². The molecule has 1 aliphatic rings. The Morgan fingerprint density at radius 3 is 2.75 bits per heavy atom. The Hall–Kier alpha value is -1.06. The lowest BCUT2D eigenvalue weighted by atomic mass is 9.98. The highest BCUT2D eigenvalue weighted by Gasteiger charge is 2.17. The quantitative estimate of drug-likeness (QED) is 0.864. The van der Waals surface area contributed by atoms with Crippen LogP contribution in [0, 0.1) is 5.92 Å². The fraction of sp³-hybridized carbons (Fsp3) is 0.647. The third kappa shape index (κ3) is 4.80. The van der Waals surface area contributed by atoms with E-state index in [-0.39, 0.29) is 0 Å². The molecular formula is C17H28N2O. The predicted molar refractivity (Wildman–Crippen MR) is 84.4 cm³/mol. The van der Waals surface area contributed by atoms with Crippen LogP contribution >= 0.6 is 0 Å². The Labute approximate surface area is 123 Å². The topological polar surface area (TPSA) is 24.5 Å². The highest BCUT2D eigenvalue weighted by atomic mass is 16.5. The largest absolute Gasteiger partial charge is 0.497 e. The van der Waals surface area contributed by atoms with Gasteiger partial charge in [-0.05, 0) is 69.9 Å². The van der Waals surface area contributed by atoms with Crippen LogP contribution in [-0.4, -0.2) is 44.7 Å². The van der Waals surface area contributed by atoms with Crippen molar-refractivity contribution in [3.05, 3.63) is 29.8 Å². The Bertz CT molecular complexity index is 390. The number of hydrogen-bond donors (Lipinski definition) is 1. The summed E-state index contributed by atoms with van der Waals surface area (Å²) < 4.78 is 5.19. The molecule has 112 valence electrons. The molecule has 0 aliphatic carbocycles. The third-order valence-corrected chi connectivity index (χ3v) is 4.18. The van der Waals surface area contributed by atoms with E-state index in [0.717, 1.165) is 24.6 Å². The van der Waals surface area contributed by atoms with Crippen molar-refractivity contribution < 1.29 is 4.74 Å². The Balaban J connectivity index is 1.72. The van der Waals surface area contributed by atoms with Gasteiger partial charge in [-0.2, -0.15) is 0 Å². The molecule has 2 unspecified atom stereocenters. The lowest BCUT2D eigenvalue weighted by Crippen LogP contribution is -2.40. The van der Waals surface area contributed by atoms with E-state index in [2.05, 4.69) is 36.3 Å². The standard InChI is InChI=1S/C17H28N2O/c1-14(11-15-6-8-17(20-3)9-7-15)18-12-16-5-4-10-19(2)13-16/h6-9,14,16,18H,4-5,10-13H2,1-3H3. The number of benzene rings is 1. The molecule has 0 bridgehead atoms. The molecule has 1 saturated heterocycles. The zero-order valence-corrected chi connectivity index (χ0v) is 13.1. The molecule has 1 N–H and O–H groups in total. The predicted octanol–water partition coefficient (Wildman–Crippen LogP) is 2.56. The molecular weight excluding hydrogens is 248 g/mol. The van der Waals surface area contributed by atoms with Crippen LogP contribution in [0.15, 0.2) is 24.3 Å². The molecule has 1 fully saturated rings. The summed E-state index contributed by atoms with van der Waals surface area (Å²) in [6.45, 7) is 5.92. The second-order valence-corrected chi connectivity index (χ2v) is 6.13. The number of methoxy groups -OCH3 is 1. The molecule has 0 amide bonds. The maximum absolute atomic E-state index is 5.19. The minimum atomic E-state index is 0.524. The van der Waals surface area contributed by atoms with Gasteiger partial charge in [0.1, 0.15) is 5.75 Å².